The fourth-order valence-corrected chi connectivity index (χ4v) is 2.32. The van der Waals surface area contributed by atoms with Gasteiger partial charge in [-0.05, 0) is 25.9 Å². The molecule has 3 amide bonds. The second-order valence-electron chi connectivity index (χ2n) is 4.48. The molecule has 16 heavy (non-hydrogen) atoms. The van der Waals surface area contributed by atoms with E-state index in [0.717, 1.165) is 25.9 Å². The van der Waals surface area contributed by atoms with Crippen molar-refractivity contribution in [3.8, 4) is 0 Å². The van der Waals surface area contributed by atoms with Gasteiger partial charge >= 0.3 is 11.9 Å². The summed E-state index contributed by atoms with van der Waals surface area (Å²) in [6.07, 6.45) is 5.25. The monoisotopic (exact) mass is 224 g/mol. The van der Waals surface area contributed by atoms with Gasteiger partial charge in [-0.25, -0.2) is 9.37 Å². The van der Waals surface area contributed by atoms with E-state index in [-0.39, 0.29) is 18.0 Å². The molecule has 0 aliphatic carbocycles. The molecule has 0 aromatic heterocycles. The summed E-state index contributed by atoms with van der Waals surface area (Å²) in [5.41, 5.74) is 0. The summed E-state index contributed by atoms with van der Waals surface area (Å²) in [4.78, 5) is 26.9. The van der Waals surface area contributed by atoms with Crippen LogP contribution in [0.4, 0.5) is 4.79 Å². The Morgan fingerprint density at radius 3 is 2.50 bits per heavy atom. The van der Waals surface area contributed by atoms with E-state index < -0.39 is 0 Å². The summed E-state index contributed by atoms with van der Waals surface area (Å²) < 4.78 is 1.50. The van der Waals surface area contributed by atoms with Gasteiger partial charge in [0, 0.05) is 0 Å². The van der Waals surface area contributed by atoms with Crippen LogP contribution in [-0.2, 0) is 4.79 Å². The predicted molar refractivity (Wildman–Crippen MR) is 59.6 cm³/mol. The van der Waals surface area contributed by atoms with Gasteiger partial charge in [0.25, 0.3) is 0 Å². The predicted octanol–water partition coefficient (Wildman–Crippen LogP) is 0.146. The lowest BCUT2D eigenvalue weighted by Crippen LogP contribution is -2.57. The number of urea groups is 1. The number of likely N-dealkylation sites (tertiary alicyclic amines) is 1. The first-order valence-electron chi connectivity index (χ1n) is 5.74. The summed E-state index contributed by atoms with van der Waals surface area (Å²) >= 11 is 0. The fraction of sp³-hybridized carbons (Fsp3) is 0.727. The van der Waals surface area contributed by atoms with Crippen LogP contribution in [0.2, 0.25) is 0 Å². The van der Waals surface area contributed by atoms with Crippen molar-refractivity contribution in [2.45, 2.75) is 25.3 Å². The third-order valence-corrected chi connectivity index (χ3v) is 3.32. The molecule has 88 valence electrons. The Balaban J connectivity index is 2.20. The number of imide groups is 1. The zero-order valence-corrected chi connectivity index (χ0v) is 9.85. The Bertz CT molecular complexity index is 345. The molecule has 0 aromatic carbocycles. The van der Waals surface area contributed by atoms with E-state index in [1.807, 2.05) is 0 Å². The molecule has 2 aliphatic heterocycles. The molecular formula is C11H18N3O2+. The Kier molecular flexibility index (Phi) is 3.05. The second-order valence-corrected chi connectivity index (χ2v) is 4.48. The summed E-state index contributed by atoms with van der Waals surface area (Å²) in [5.74, 6) is -0.106. The van der Waals surface area contributed by atoms with Crippen LogP contribution < -0.4 is 0 Å². The number of hydrogen-bond acceptors (Lipinski definition) is 3. The quantitative estimate of drug-likeness (QED) is 0.595. The second kappa shape index (κ2) is 4.33. The number of likely N-dealkylation sites (N-methyl/N-ethyl adjacent to an activating group) is 1. The number of piperidine rings is 1. The molecule has 0 bridgehead atoms. The van der Waals surface area contributed by atoms with E-state index in [1.165, 1.54) is 15.9 Å². The van der Waals surface area contributed by atoms with Gasteiger partial charge in [-0.3, -0.25) is 4.90 Å². The number of rotatable bonds is 1. The van der Waals surface area contributed by atoms with Crippen LogP contribution in [0.1, 0.15) is 19.3 Å². The minimum atomic E-state index is -0.256. The van der Waals surface area contributed by atoms with Gasteiger partial charge < -0.3 is 0 Å². The van der Waals surface area contributed by atoms with E-state index in [4.69, 9.17) is 0 Å². The maximum absolute atomic E-state index is 12.0. The molecule has 0 aromatic rings. The summed E-state index contributed by atoms with van der Waals surface area (Å²) in [6, 6.07) is -0.508. The van der Waals surface area contributed by atoms with E-state index in [0.29, 0.717) is 0 Å². The first kappa shape index (κ1) is 11.3. The molecule has 0 spiro atoms. The van der Waals surface area contributed by atoms with Gasteiger partial charge in [-0.1, -0.05) is 6.42 Å². The van der Waals surface area contributed by atoms with Crippen LogP contribution in [0, 0.1) is 0 Å². The molecule has 2 rings (SSSR count). The first-order chi connectivity index (χ1) is 7.61. The molecule has 5 heteroatoms. The summed E-state index contributed by atoms with van der Waals surface area (Å²) in [6.45, 7) is 1.89. The molecule has 1 saturated heterocycles. The Morgan fingerprint density at radius 1 is 1.25 bits per heavy atom. The maximum atomic E-state index is 12.0. The van der Waals surface area contributed by atoms with Crippen molar-refractivity contribution in [2.24, 2.45) is 0 Å². The lowest BCUT2D eigenvalue weighted by atomic mass is 10.1. The molecule has 2 aliphatic rings. The van der Waals surface area contributed by atoms with Gasteiger partial charge in [0.2, 0.25) is 0 Å². The fourth-order valence-electron chi connectivity index (χ4n) is 2.32. The molecule has 1 fully saturated rings. The van der Waals surface area contributed by atoms with E-state index in [1.54, 1.807) is 20.3 Å². The van der Waals surface area contributed by atoms with Gasteiger partial charge in [0.15, 0.2) is 6.04 Å². The molecule has 0 saturated carbocycles. The van der Waals surface area contributed by atoms with Gasteiger partial charge in [0.05, 0.1) is 14.1 Å². The number of nitrogens with zero attached hydrogens (tertiary/aromatic N) is 3. The highest BCUT2D eigenvalue weighted by Gasteiger charge is 2.41. The number of hydrogen-bond donors (Lipinski definition) is 0. The van der Waals surface area contributed by atoms with Crippen molar-refractivity contribution in [2.75, 3.05) is 27.2 Å². The molecule has 1 atom stereocenters. The average molecular weight is 224 g/mol. The number of amides is 3. The minimum absolute atomic E-state index is 0.106. The first-order valence-corrected chi connectivity index (χ1v) is 5.74. The summed E-state index contributed by atoms with van der Waals surface area (Å²) in [7, 11) is 3.24. The number of carbonyl (C=O) groups is 2. The highest BCUT2D eigenvalue weighted by Crippen LogP contribution is 2.14. The van der Waals surface area contributed by atoms with Crippen molar-refractivity contribution in [1.29, 1.82) is 0 Å². The van der Waals surface area contributed by atoms with Gasteiger partial charge in [-0.15, -0.1) is 0 Å². The van der Waals surface area contributed by atoms with Crippen molar-refractivity contribution in [3.63, 3.8) is 0 Å². The van der Waals surface area contributed by atoms with Crippen LogP contribution in [0.15, 0.2) is 0 Å². The van der Waals surface area contributed by atoms with Crippen molar-refractivity contribution >= 4 is 18.2 Å². The molecule has 0 radical (unpaired) electrons. The smallest absolute Gasteiger partial charge is 0.284 e. The van der Waals surface area contributed by atoms with Crippen molar-refractivity contribution < 1.29 is 14.2 Å². The highest BCUT2D eigenvalue weighted by molar-refractivity contribution is 6.06. The molecular weight excluding hydrogens is 206 g/mol. The van der Waals surface area contributed by atoms with Gasteiger partial charge in [0.1, 0.15) is 6.21 Å². The zero-order valence-electron chi connectivity index (χ0n) is 9.85. The van der Waals surface area contributed by atoms with Crippen LogP contribution in [0.3, 0.4) is 0 Å². The topological polar surface area (TPSA) is 43.6 Å². The minimum Gasteiger partial charge on any atom is -0.284 e. The van der Waals surface area contributed by atoms with Crippen LogP contribution in [0.25, 0.3) is 0 Å². The SMILES string of the molecule is CN1C(=O)C(N2CCCCC2)C=[N+](C)C1=O. The normalized spacial score (nSPS) is 28.2. The molecule has 2 heterocycles. The third kappa shape index (κ3) is 1.87. The maximum Gasteiger partial charge on any atom is 0.500 e. The molecule has 0 N–H and O–H groups in total. The Morgan fingerprint density at radius 2 is 1.88 bits per heavy atom. The average Bonchev–Trinajstić information content (AvgIpc) is 2.32. The zero-order chi connectivity index (χ0) is 11.7. The lowest BCUT2D eigenvalue weighted by molar-refractivity contribution is -0.401. The van der Waals surface area contributed by atoms with E-state index in [9.17, 15) is 9.59 Å². The van der Waals surface area contributed by atoms with Crippen molar-refractivity contribution in [1.82, 2.24) is 9.80 Å². The highest BCUT2D eigenvalue weighted by atomic mass is 16.2. The Hall–Kier alpha value is -1.23. The summed E-state index contributed by atoms with van der Waals surface area (Å²) in [5, 5.41) is 0. The largest absolute Gasteiger partial charge is 0.500 e. The lowest BCUT2D eigenvalue weighted by Gasteiger charge is -2.32. The van der Waals surface area contributed by atoms with Crippen LogP contribution in [0.5, 0.6) is 0 Å². The van der Waals surface area contributed by atoms with Crippen molar-refractivity contribution in [3.05, 3.63) is 0 Å². The standard InChI is InChI=1S/C11H18N3O2/c1-12-8-9(10(15)13(2)11(12)16)14-6-4-3-5-7-14/h8-9H,3-7H2,1-2H3/q+1. The van der Waals surface area contributed by atoms with E-state index in [2.05, 4.69) is 4.90 Å². The van der Waals surface area contributed by atoms with Crippen LogP contribution >= 0.6 is 0 Å². The third-order valence-electron chi connectivity index (χ3n) is 3.32. The molecule has 5 nitrogen and oxygen atoms in total. The van der Waals surface area contributed by atoms with Gasteiger partial charge in [-0.2, -0.15) is 9.69 Å². The Labute approximate surface area is 95.3 Å². The van der Waals surface area contributed by atoms with Crippen LogP contribution in [-0.4, -0.2) is 65.8 Å². The molecule has 1 unspecified atom stereocenters. The van der Waals surface area contributed by atoms with E-state index >= 15 is 0 Å². The number of carbonyl (C=O) groups excluding carboxylic acids is 2.